The van der Waals surface area contributed by atoms with Gasteiger partial charge in [-0.25, -0.2) is 0 Å². The summed E-state index contributed by atoms with van der Waals surface area (Å²) in [6.07, 6.45) is 13.6. The Kier molecular flexibility index (Phi) is 8.26. The van der Waals surface area contributed by atoms with Crippen LogP contribution in [-0.4, -0.2) is 36.6 Å². The van der Waals surface area contributed by atoms with Gasteiger partial charge in [0.1, 0.15) is 0 Å². The maximum Gasteiger partial charge on any atom is 0.251 e. The Morgan fingerprint density at radius 1 is 0.946 bits per heavy atom. The molecule has 0 saturated heterocycles. The van der Waals surface area contributed by atoms with Crippen molar-refractivity contribution >= 4 is 17.5 Å². The van der Waals surface area contributed by atoms with E-state index in [2.05, 4.69) is 34.1 Å². The van der Waals surface area contributed by atoms with Crippen LogP contribution < -0.4 is 16.0 Å². The van der Waals surface area contributed by atoms with Gasteiger partial charge >= 0.3 is 0 Å². The highest BCUT2D eigenvalue weighted by molar-refractivity contribution is 5.96. The highest BCUT2D eigenvalue weighted by Gasteiger charge is 2.44. The molecule has 1 heterocycles. The molecule has 1 aliphatic heterocycles. The van der Waals surface area contributed by atoms with Crippen molar-refractivity contribution in [1.29, 1.82) is 0 Å². The molecule has 0 bridgehead atoms. The van der Waals surface area contributed by atoms with Crippen LogP contribution in [-0.2, 0) is 16.8 Å². The van der Waals surface area contributed by atoms with Crippen molar-refractivity contribution in [3.05, 3.63) is 64.7 Å². The van der Waals surface area contributed by atoms with Crippen LogP contribution >= 0.6 is 0 Å². The van der Waals surface area contributed by atoms with E-state index in [1.807, 2.05) is 12.1 Å². The van der Waals surface area contributed by atoms with Crippen molar-refractivity contribution < 1.29 is 14.7 Å². The van der Waals surface area contributed by atoms with Crippen molar-refractivity contribution in [3.63, 3.8) is 0 Å². The Morgan fingerprint density at radius 2 is 1.65 bits per heavy atom. The summed E-state index contributed by atoms with van der Waals surface area (Å²) < 4.78 is 0. The van der Waals surface area contributed by atoms with Gasteiger partial charge in [0.15, 0.2) is 0 Å². The number of benzene rings is 2. The fourth-order valence-corrected chi connectivity index (χ4v) is 6.43. The van der Waals surface area contributed by atoms with E-state index in [9.17, 15) is 9.59 Å². The summed E-state index contributed by atoms with van der Waals surface area (Å²) in [6.45, 7) is 1.17. The lowest BCUT2D eigenvalue weighted by Gasteiger charge is -2.41. The normalized spacial score (nSPS) is 23.1. The first-order chi connectivity index (χ1) is 18.1. The zero-order valence-corrected chi connectivity index (χ0v) is 21.9. The molecule has 6 nitrogen and oxygen atoms in total. The molecule has 2 unspecified atom stereocenters. The fraction of sp³-hybridized carbons (Fsp3) is 0.548. The molecule has 0 aromatic heterocycles. The molecule has 2 fully saturated rings. The molecule has 2 aliphatic carbocycles. The summed E-state index contributed by atoms with van der Waals surface area (Å²) in [4.78, 5) is 25.1. The number of amides is 2. The van der Waals surface area contributed by atoms with Crippen LogP contribution in [0.15, 0.2) is 42.5 Å². The van der Waals surface area contributed by atoms with Crippen LogP contribution in [0.4, 0.5) is 5.69 Å². The Morgan fingerprint density at radius 3 is 2.35 bits per heavy atom. The van der Waals surface area contributed by atoms with Gasteiger partial charge in [-0.3, -0.25) is 9.59 Å². The summed E-state index contributed by atoms with van der Waals surface area (Å²) in [5.74, 6) is 0.0524. The van der Waals surface area contributed by atoms with Crippen LogP contribution in [0.5, 0.6) is 0 Å². The van der Waals surface area contributed by atoms with Gasteiger partial charge in [-0.1, -0.05) is 63.1 Å². The fourth-order valence-electron chi connectivity index (χ4n) is 6.43. The maximum absolute atomic E-state index is 13.1. The summed E-state index contributed by atoms with van der Waals surface area (Å²) in [7, 11) is 0. The number of hydrogen-bond acceptors (Lipinski definition) is 4. The zero-order chi connectivity index (χ0) is 25.7. The monoisotopic (exact) mass is 503 g/mol. The van der Waals surface area contributed by atoms with E-state index in [0.717, 1.165) is 30.6 Å². The molecule has 2 aromatic rings. The predicted octanol–water partition coefficient (Wildman–Crippen LogP) is 5.02. The number of carbonyl (C=O) groups excluding carboxylic acids is 2. The number of aliphatic hydroxyl groups excluding tert-OH is 1. The number of rotatable bonds is 6. The van der Waals surface area contributed by atoms with E-state index in [1.165, 1.54) is 68.9 Å². The van der Waals surface area contributed by atoms with Gasteiger partial charge in [-0.2, -0.15) is 0 Å². The molecule has 2 atom stereocenters. The zero-order valence-electron chi connectivity index (χ0n) is 21.9. The average molecular weight is 504 g/mol. The van der Waals surface area contributed by atoms with Gasteiger partial charge in [0.2, 0.25) is 5.91 Å². The van der Waals surface area contributed by atoms with Gasteiger partial charge in [-0.05, 0) is 72.6 Å². The Hall–Kier alpha value is -2.70. The Balaban J connectivity index is 1.21. The number of hydrogen-bond donors (Lipinski definition) is 4. The van der Waals surface area contributed by atoms with Crippen molar-refractivity contribution in [1.82, 2.24) is 10.6 Å². The van der Waals surface area contributed by atoms with Crippen molar-refractivity contribution in [2.75, 3.05) is 25.0 Å². The standard InChI is InChI=1S/C31H41N3O3/c35-19-18-32-29(36)23-10-8-22(9-11-23)26-21-27(26)30(37)34-25-12-13-28-24(20-25)14-17-33-31(28)15-6-4-2-1-3-5-7-16-31/h8-13,20,26-27,33,35H,1-7,14-19,21H2,(H,32,36)(H,34,37). The van der Waals surface area contributed by atoms with Crippen LogP contribution in [0.3, 0.4) is 0 Å². The van der Waals surface area contributed by atoms with E-state index < -0.39 is 0 Å². The van der Waals surface area contributed by atoms with Crippen LogP contribution in [0.25, 0.3) is 0 Å². The first kappa shape index (κ1) is 25.9. The van der Waals surface area contributed by atoms with E-state index in [4.69, 9.17) is 5.11 Å². The molecule has 198 valence electrons. The predicted molar refractivity (Wildman–Crippen MR) is 147 cm³/mol. The Labute approximate surface area is 220 Å². The first-order valence-corrected chi connectivity index (χ1v) is 14.3. The smallest absolute Gasteiger partial charge is 0.251 e. The summed E-state index contributed by atoms with van der Waals surface area (Å²) in [5, 5.41) is 18.6. The topological polar surface area (TPSA) is 90.5 Å². The van der Waals surface area contributed by atoms with E-state index in [1.54, 1.807) is 12.1 Å². The van der Waals surface area contributed by atoms with Crippen molar-refractivity contribution in [3.8, 4) is 0 Å². The van der Waals surface area contributed by atoms with Crippen LogP contribution in [0.1, 0.15) is 97.2 Å². The third-order valence-corrected chi connectivity index (χ3v) is 8.58. The lowest BCUT2D eigenvalue weighted by molar-refractivity contribution is -0.117. The minimum absolute atomic E-state index is 0.0311. The average Bonchev–Trinajstić information content (AvgIpc) is 3.73. The maximum atomic E-state index is 13.1. The second-order valence-corrected chi connectivity index (χ2v) is 11.1. The molecule has 5 rings (SSSR count). The molecule has 4 N–H and O–H groups in total. The van der Waals surface area contributed by atoms with E-state index >= 15 is 0 Å². The Bertz CT molecular complexity index is 1090. The number of aliphatic hydroxyl groups is 1. The van der Waals surface area contributed by atoms with Gasteiger partial charge in [0.05, 0.1) is 6.61 Å². The third kappa shape index (κ3) is 6.07. The number of anilines is 1. The highest BCUT2D eigenvalue weighted by Crippen LogP contribution is 2.48. The van der Waals surface area contributed by atoms with Gasteiger partial charge in [0.25, 0.3) is 5.91 Å². The van der Waals surface area contributed by atoms with Crippen LogP contribution in [0.2, 0.25) is 0 Å². The molecular formula is C31H41N3O3. The number of nitrogens with one attached hydrogen (secondary N) is 3. The lowest BCUT2D eigenvalue weighted by atomic mass is 9.75. The van der Waals surface area contributed by atoms with E-state index in [-0.39, 0.29) is 42.3 Å². The third-order valence-electron chi connectivity index (χ3n) is 8.58. The highest BCUT2D eigenvalue weighted by atomic mass is 16.3. The van der Waals surface area contributed by atoms with Crippen molar-refractivity contribution in [2.45, 2.75) is 82.1 Å². The molecule has 0 radical (unpaired) electrons. The number of carbonyl (C=O) groups is 2. The van der Waals surface area contributed by atoms with Crippen LogP contribution in [0, 0.1) is 5.92 Å². The first-order valence-electron chi connectivity index (χ1n) is 14.3. The summed E-state index contributed by atoms with van der Waals surface area (Å²) >= 11 is 0. The van der Waals surface area contributed by atoms with Crippen molar-refractivity contribution in [2.24, 2.45) is 5.92 Å². The molecule has 2 amide bonds. The molecule has 2 saturated carbocycles. The van der Waals surface area contributed by atoms with Gasteiger partial charge in [-0.15, -0.1) is 0 Å². The molecule has 37 heavy (non-hydrogen) atoms. The second-order valence-electron chi connectivity index (χ2n) is 11.1. The quantitative estimate of drug-likeness (QED) is 0.446. The molecule has 1 spiro atoms. The lowest BCUT2D eigenvalue weighted by Crippen LogP contribution is -2.47. The second kappa shape index (κ2) is 11.8. The van der Waals surface area contributed by atoms with E-state index in [0.29, 0.717) is 5.56 Å². The van der Waals surface area contributed by atoms with Gasteiger partial charge < -0.3 is 21.1 Å². The summed E-state index contributed by atoms with van der Waals surface area (Å²) in [5.41, 5.74) is 5.49. The van der Waals surface area contributed by atoms with Gasteiger partial charge in [0, 0.05) is 35.8 Å². The molecule has 3 aliphatic rings. The molecule has 2 aromatic carbocycles. The number of fused-ring (bicyclic) bond motifs is 2. The largest absolute Gasteiger partial charge is 0.395 e. The minimum atomic E-state index is -0.194. The molecular weight excluding hydrogens is 462 g/mol. The summed E-state index contributed by atoms with van der Waals surface area (Å²) in [6, 6.07) is 14.1. The molecule has 6 heteroatoms. The SMILES string of the molecule is O=C(NCCO)c1ccc(C2CC2C(=O)Nc2ccc3c(c2)CCNC32CCCCCCCCC2)cc1. The minimum Gasteiger partial charge on any atom is -0.395 e.